The van der Waals surface area contributed by atoms with Crippen LogP contribution in [0.2, 0.25) is 0 Å². The molecular formula is C13H25N5O. The monoisotopic (exact) mass is 267 g/mol. The van der Waals surface area contributed by atoms with Gasteiger partial charge in [0.15, 0.2) is 0 Å². The van der Waals surface area contributed by atoms with Crippen molar-refractivity contribution in [3.8, 4) is 0 Å². The van der Waals surface area contributed by atoms with Crippen molar-refractivity contribution in [3.63, 3.8) is 0 Å². The predicted octanol–water partition coefficient (Wildman–Crippen LogP) is 1.07. The van der Waals surface area contributed by atoms with Crippen LogP contribution in [0.5, 0.6) is 0 Å². The molecule has 1 amide bonds. The second-order valence-electron chi connectivity index (χ2n) is 5.94. The number of rotatable bonds is 7. The van der Waals surface area contributed by atoms with Gasteiger partial charge in [-0.1, -0.05) is 20.8 Å². The third-order valence-corrected chi connectivity index (χ3v) is 2.69. The number of nitrogens with zero attached hydrogens (tertiary/aromatic N) is 3. The molecule has 0 radical (unpaired) electrons. The molecule has 0 saturated heterocycles. The Hall–Kier alpha value is -1.43. The number of amides is 1. The summed E-state index contributed by atoms with van der Waals surface area (Å²) in [6.45, 7) is 7.80. The van der Waals surface area contributed by atoms with Crippen molar-refractivity contribution in [2.75, 3.05) is 27.2 Å². The minimum Gasteiger partial charge on any atom is -0.349 e. The van der Waals surface area contributed by atoms with E-state index in [1.807, 2.05) is 14.1 Å². The Labute approximate surface area is 115 Å². The highest BCUT2D eigenvalue weighted by molar-refractivity contribution is 5.90. The van der Waals surface area contributed by atoms with Gasteiger partial charge in [-0.15, -0.1) is 5.10 Å². The summed E-state index contributed by atoms with van der Waals surface area (Å²) in [7, 11) is 4.05. The normalized spacial score (nSPS) is 11.9. The largest absolute Gasteiger partial charge is 0.349 e. The number of H-pyrrole nitrogens is 1. The lowest BCUT2D eigenvalue weighted by Crippen LogP contribution is -2.40. The molecule has 0 unspecified atom stereocenters. The molecule has 1 heterocycles. The predicted molar refractivity (Wildman–Crippen MR) is 75.0 cm³/mol. The molecule has 0 aliphatic heterocycles. The summed E-state index contributed by atoms with van der Waals surface area (Å²) >= 11 is 0. The van der Waals surface area contributed by atoms with Crippen molar-refractivity contribution in [1.82, 2.24) is 25.4 Å². The number of aryl methyl sites for hydroxylation is 1. The van der Waals surface area contributed by atoms with Gasteiger partial charge in [-0.3, -0.25) is 9.89 Å². The third kappa shape index (κ3) is 5.38. The summed E-state index contributed by atoms with van der Waals surface area (Å²) in [4.78, 5) is 18.2. The molecule has 0 atom stereocenters. The van der Waals surface area contributed by atoms with Crippen LogP contribution in [0, 0.1) is 5.41 Å². The van der Waals surface area contributed by atoms with E-state index in [1.165, 1.54) is 0 Å². The molecule has 0 aliphatic rings. The molecule has 0 fully saturated rings. The van der Waals surface area contributed by atoms with Crippen molar-refractivity contribution in [2.24, 2.45) is 5.41 Å². The lowest BCUT2D eigenvalue weighted by Gasteiger charge is -2.28. The van der Waals surface area contributed by atoms with E-state index in [1.54, 1.807) is 0 Å². The smallest absolute Gasteiger partial charge is 0.290 e. The summed E-state index contributed by atoms with van der Waals surface area (Å²) in [5, 5.41) is 9.61. The molecule has 0 aliphatic carbocycles. The van der Waals surface area contributed by atoms with Gasteiger partial charge in [0, 0.05) is 19.5 Å². The molecule has 19 heavy (non-hydrogen) atoms. The summed E-state index contributed by atoms with van der Waals surface area (Å²) in [6.07, 6.45) is 1.79. The van der Waals surface area contributed by atoms with Crippen LogP contribution >= 0.6 is 0 Å². The Bertz CT molecular complexity index is 411. The molecule has 6 heteroatoms. The van der Waals surface area contributed by atoms with Crippen molar-refractivity contribution >= 4 is 5.91 Å². The molecular weight excluding hydrogens is 242 g/mol. The maximum absolute atomic E-state index is 11.9. The summed E-state index contributed by atoms with van der Waals surface area (Å²) in [6, 6.07) is 0. The first-order chi connectivity index (χ1) is 8.84. The fourth-order valence-electron chi connectivity index (χ4n) is 2.06. The van der Waals surface area contributed by atoms with E-state index < -0.39 is 0 Å². The second-order valence-corrected chi connectivity index (χ2v) is 5.94. The third-order valence-electron chi connectivity index (χ3n) is 2.69. The topological polar surface area (TPSA) is 73.9 Å². The molecule has 0 saturated carbocycles. The van der Waals surface area contributed by atoms with Gasteiger partial charge < -0.3 is 10.2 Å². The van der Waals surface area contributed by atoms with Crippen LogP contribution in [0.4, 0.5) is 0 Å². The van der Waals surface area contributed by atoms with Crippen molar-refractivity contribution in [3.05, 3.63) is 11.6 Å². The minimum absolute atomic E-state index is 0.0156. The van der Waals surface area contributed by atoms with Crippen molar-refractivity contribution in [2.45, 2.75) is 33.6 Å². The van der Waals surface area contributed by atoms with Crippen LogP contribution in [-0.4, -0.2) is 53.2 Å². The summed E-state index contributed by atoms with van der Waals surface area (Å²) < 4.78 is 0. The lowest BCUT2D eigenvalue weighted by atomic mass is 9.93. The molecule has 0 spiro atoms. The van der Waals surface area contributed by atoms with E-state index in [4.69, 9.17) is 0 Å². The highest BCUT2D eigenvalue weighted by atomic mass is 16.2. The molecule has 1 aromatic heterocycles. The Morgan fingerprint density at radius 1 is 1.42 bits per heavy atom. The van der Waals surface area contributed by atoms with Gasteiger partial charge in [-0.2, -0.15) is 0 Å². The summed E-state index contributed by atoms with van der Waals surface area (Å²) in [5.41, 5.74) is 0.0156. The van der Waals surface area contributed by atoms with E-state index in [0.29, 0.717) is 6.54 Å². The zero-order valence-corrected chi connectivity index (χ0v) is 12.6. The molecule has 6 nitrogen and oxygen atoms in total. The number of hydrogen-bond acceptors (Lipinski definition) is 4. The number of nitrogens with one attached hydrogen (secondary N) is 2. The summed E-state index contributed by atoms with van der Waals surface area (Å²) in [5.74, 6) is 0.773. The van der Waals surface area contributed by atoms with Crippen LogP contribution < -0.4 is 5.32 Å². The molecule has 108 valence electrons. The van der Waals surface area contributed by atoms with Gasteiger partial charge in [-0.25, -0.2) is 4.98 Å². The molecule has 1 aromatic rings. The highest BCUT2D eigenvalue weighted by Crippen LogP contribution is 2.14. The highest BCUT2D eigenvalue weighted by Gasteiger charge is 2.21. The van der Waals surface area contributed by atoms with Crippen LogP contribution in [0.25, 0.3) is 0 Å². The van der Waals surface area contributed by atoms with Crippen LogP contribution in [0.15, 0.2) is 0 Å². The fourth-order valence-corrected chi connectivity index (χ4v) is 2.06. The minimum atomic E-state index is -0.217. The zero-order chi connectivity index (χ0) is 14.5. The lowest BCUT2D eigenvalue weighted by molar-refractivity contribution is 0.0919. The van der Waals surface area contributed by atoms with E-state index in [2.05, 4.69) is 46.2 Å². The van der Waals surface area contributed by atoms with Crippen molar-refractivity contribution in [1.29, 1.82) is 0 Å². The maximum atomic E-state index is 11.9. The maximum Gasteiger partial charge on any atom is 0.290 e. The van der Waals surface area contributed by atoms with Gasteiger partial charge in [0.2, 0.25) is 5.82 Å². The number of carbonyl (C=O) groups excluding carboxylic acids is 1. The van der Waals surface area contributed by atoms with Crippen LogP contribution in [0.3, 0.4) is 0 Å². The van der Waals surface area contributed by atoms with E-state index in [0.717, 1.165) is 25.2 Å². The zero-order valence-electron chi connectivity index (χ0n) is 12.6. The van der Waals surface area contributed by atoms with E-state index in [-0.39, 0.29) is 17.1 Å². The molecule has 0 bridgehead atoms. The van der Waals surface area contributed by atoms with Gasteiger partial charge in [0.05, 0.1) is 0 Å². The van der Waals surface area contributed by atoms with Gasteiger partial charge in [0.1, 0.15) is 5.82 Å². The fraction of sp³-hybridized carbons (Fsp3) is 0.769. The van der Waals surface area contributed by atoms with Crippen molar-refractivity contribution < 1.29 is 4.79 Å². The molecule has 2 N–H and O–H groups in total. The standard InChI is InChI=1S/C13H25N5O/c1-6-7-10-15-11(17-16-10)12(19)14-8-13(2,3)9-18(4)5/h6-9H2,1-5H3,(H,14,19)(H,15,16,17). The SMILES string of the molecule is CCCc1nc(C(=O)NCC(C)(C)CN(C)C)n[nH]1. The number of carbonyl (C=O) groups is 1. The quantitative estimate of drug-likeness (QED) is 0.775. The first kappa shape index (κ1) is 15.6. The van der Waals surface area contributed by atoms with E-state index in [9.17, 15) is 4.79 Å². The Morgan fingerprint density at radius 2 is 2.11 bits per heavy atom. The van der Waals surface area contributed by atoms with Crippen LogP contribution in [-0.2, 0) is 6.42 Å². The van der Waals surface area contributed by atoms with E-state index >= 15 is 0 Å². The average Bonchev–Trinajstić information content (AvgIpc) is 2.73. The van der Waals surface area contributed by atoms with Gasteiger partial charge in [0.25, 0.3) is 5.91 Å². The first-order valence-electron chi connectivity index (χ1n) is 6.68. The van der Waals surface area contributed by atoms with Gasteiger partial charge >= 0.3 is 0 Å². The number of aromatic amines is 1. The Balaban J connectivity index is 2.50. The number of aromatic nitrogens is 3. The first-order valence-corrected chi connectivity index (χ1v) is 6.68. The van der Waals surface area contributed by atoms with Crippen LogP contribution in [0.1, 0.15) is 43.6 Å². The van der Waals surface area contributed by atoms with Gasteiger partial charge in [-0.05, 0) is 25.9 Å². The molecule has 1 rings (SSSR count). The molecule has 0 aromatic carbocycles. The number of hydrogen-bond donors (Lipinski definition) is 2. The second kappa shape index (κ2) is 6.65. The Kier molecular flexibility index (Phi) is 5.47. The average molecular weight is 267 g/mol. The Morgan fingerprint density at radius 3 is 2.68 bits per heavy atom.